The van der Waals surface area contributed by atoms with Gasteiger partial charge in [-0.15, -0.1) is 0 Å². The zero-order valence-corrected chi connectivity index (χ0v) is 11.6. The van der Waals surface area contributed by atoms with Crippen LogP contribution in [0.3, 0.4) is 0 Å². The summed E-state index contributed by atoms with van der Waals surface area (Å²) in [5.74, 6) is 0.459. The van der Waals surface area contributed by atoms with Crippen molar-refractivity contribution in [2.45, 2.75) is 43.9 Å². The smallest absolute Gasteiger partial charge is 0.229 e. The predicted molar refractivity (Wildman–Crippen MR) is 71.4 cm³/mol. The molecule has 1 aromatic rings. The Morgan fingerprint density at radius 2 is 1.86 bits per heavy atom. The Hall–Kier alpha value is -1.22. The topological polar surface area (TPSA) is 109 Å². The van der Waals surface area contributed by atoms with E-state index in [9.17, 15) is 20.4 Å². The van der Waals surface area contributed by atoms with Gasteiger partial charge < -0.3 is 34.6 Å². The number of hydrogen-bond acceptors (Lipinski definition) is 7. The number of rotatable bonds is 5. The van der Waals surface area contributed by atoms with Gasteiger partial charge in [-0.2, -0.15) is 0 Å². The van der Waals surface area contributed by atoms with Gasteiger partial charge in [-0.3, -0.25) is 0 Å². The van der Waals surface area contributed by atoms with Crippen LogP contribution < -0.4 is 4.74 Å². The monoisotopic (exact) mass is 300 g/mol. The summed E-state index contributed by atoms with van der Waals surface area (Å²) in [6.45, 7) is 0.913. The average Bonchev–Trinajstić information content (AvgIpc) is 2.47. The summed E-state index contributed by atoms with van der Waals surface area (Å²) in [6.07, 6.45) is -7.03. The van der Waals surface area contributed by atoms with Gasteiger partial charge in [0.1, 0.15) is 30.2 Å². The van der Waals surface area contributed by atoms with E-state index in [1.807, 2.05) is 6.07 Å². The maximum atomic E-state index is 10.1. The second-order valence-corrected chi connectivity index (χ2v) is 4.84. The highest BCUT2D eigenvalue weighted by molar-refractivity contribution is 5.21. The molecule has 2 rings (SSSR count). The first-order chi connectivity index (χ1) is 10.0. The zero-order valence-electron chi connectivity index (χ0n) is 11.6. The van der Waals surface area contributed by atoms with Crippen molar-refractivity contribution in [3.8, 4) is 5.75 Å². The Morgan fingerprint density at radius 1 is 1.19 bits per heavy atom. The standard InChI is InChI=1S/C14H20O7/c1-8(16)19-13-10(7-15)21-14(12(18)11(13)17)20-9-5-3-2-4-6-9/h2-6,8,10-18H,7H2,1H3/t8?,10-,11-,12-,13-,14-/m1/s1. The van der Waals surface area contributed by atoms with E-state index in [4.69, 9.17) is 14.2 Å². The molecule has 1 aliphatic rings. The lowest BCUT2D eigenvalue weighted by Gasteiger charge is -2.42. The average molecular weight is 300 g/mol. The summed E-state index contributed by atoms with van der Waals surface area (Å²) in [5.41, 5.74) is 0. The first kappa shape index (κ1) is 16.2. The highest BCUT2D eigenvalue weighted by Gasteiger charge is 2.46. The molecule has 7 heteroatoms. The SMILES string of the molecule is CC(O)O[C@H]1[C@H](O)[C@@H](O)[C@H](Oc2ccccc2)O[C@@H]1CO. The van der Waals surface area contributed by atoms with Gasteiger partial charge in [-0.25, -0.2) is 0 Å². The number of aliphatic hydroxyl groups is 4. The second kappa shape index (κ2) is 7.17. The van der Waals surface area contributed by atoms with E-state index in [2.05, 4.69) is 0 Å². The molecule has 1 aromatic carbocycles. The summed E-state index contributed by atoms with van der Waals surface area (Å²) in [4.78, 5) is 0. The molecular formula is C14H20O7. The summed E-state index contributed by atoms with van der Waals surface area (Å²) < 4.78 is 16.0. The van der Waals surface area contributed by atoms with Crippen LogP contribution in [-0.4, -0.2) is 64.0 Å². The minimum Gasteiger partial charge on any atom is -0.462 e. The van der Waals surface area contributed by atoms with Gasteiger partial charge in [0.25, 0.3) is 0 Å². The van der Waals surface area contributed by atoms with Crippen molar-refractivity contribution in [1.82, 2.24) is 0 Å². The molecule has 118 valence electrons. The molecule has 0 aromatic heterocycles. The van der Waals surface area contributed by atoms with Crippen molar-refractivity contribution in [2.75, 3.05) is 6.61 Å². The van der Waals surface area contributed by atoms with E-state index < -0.39 is 43.6 Å². The molecule has 4 N–H and O–H groups in total. The van der Waals surface area contributed by atoms with Crippen LogP contribution in [0.4, 0.5) is 0 Å². The van der Waals surface area contributed by atoms with Crippen molar-refractivity contribution in [1.29, 1.82) is 0 Å². The third-order valence-corrected chi connectivity index (χ3v) is 3.17. The van der Waals surface area contributed by atoms with Crippen molar-refractivity contribution in [2.24, 2.45) is 0 Å². The molecule has 0 amide bonds. The molecule has 1 unspecified atom stereocenters. The van der Waals surface area contributed by atoms with Crippen molar-refractivity contribution in [3.05, 3.63) is 30.3 Å². The first-order valence-corrected chi connectivity index (χ1v) is 6.70. The number of benzene rings is 1. The Balaban J connectivity index is 2.08. The van der Waals surface area contributed by atoms with Crippen molar-refractivity contribution >= 4 is 0 Å². The van der Waals surface area contributed by atoms with E-state index in [-0.39, 0.29) is 0 Å². The number of aliphatic hydroxyl groups excluding tert-OH is 4. The molecule has 0 bridgehead atoms. The fourth-order valence-electron chi connectivity index (χ4n) is 2.18. The van der Waals surface area contributed by atoms with E-state index >= 15 is 0 Å². The van der Waals surface area contributed by atoms with Crippen molar-refractivity contribution < 1.29 is 34.6 Å². The van der Waals surface area contributed by atoms with Gasteiger partial charge in [0.15, 0.2) is 6.29 Å². The third-order valence-electron chi connectivity index (χ3n) is 3.17. The zero-order chi connectivity index (χ0) is 15.4. The molecule has 1 saturated heterocycles. The van der Waals surface area contributed by atoms with Crippen LogP contribution in [0.25, 0.3) is 0 Å². The van der Waals surface area contributed by atoms with Gasteiger partial charge in [0, 0.05) is 0 Å². The number of ether oxygens (including phenoxy) is 3. The Labute approximate surface area is 122 Å². The van der Waals surface area contributed by atoms with Gasteiger partial charge in [-0.05, 0) is 19.1 Å². The van der Waals surface area contributed by atoms with Gasteiger partial charge in [-0.1, -0.05) is 18.2 Å². The quantitative estimate of drug-likeness (QED) is 0.529. The predicted octanol–water partition coefficient (Wildman–Crippen LogP) is -0.772. The largest absolute Gasteiger partial charge is 0.462 e. The third kappa shape index (κ3) is 3.91. The Bertz CT molecular complexity index is 423. The van der Waals surface area contributed by atoms with Crippen LogP contribution >= 0.6 is 0 Å². The summed E-state index contributed by atoms with van der Waals surface area (Å²) in [5, 5.41) is 38.7. The molecular weight excluding hydrogens is 280 g/mol. The first-order valence-electron chi connectivity index (χ1n) is 6.70. The maximum Gasteiger partial charge on any atom is 0.229 e. The van der Waals surface area contributed by atoms with Crippen LogP contribution in [0, 0.1) is 0 Å². The molecule has 7 nitrogen and oxygen atoms in total. The Kier molecular flexibility index (Phi) is 5.51. The molecule has 1 fully saturated rings. The summed E-state index contributed by atoms with van der Waals surface area (Å²) >= 11 is 0. The van der Waals surface area contributed by atoms with Gasteiger partial charge >= 0.3 is 0 Å². The van der Waals surface area contributed by atoms with E-state index in [1.54, 1.807) is 24.3 Å². The number of hydrogen-bond donors (Lipinski definition) is 4. The van der Waals surface area contributed by atoms with Crippen LogP contribution in [0.15, 0.2) is 30.3 Å². The summed E-state index contributed by atoms with van der Waals surface area (Å²) in [6, 6.07) is 8.67. The highest BCUT2D eigenvalue weighted by Crippen LogP contribution is 2.26. The minimum atomic E-state index is -1.38. The highest BCUT2D eigenvalue weighted by atomic mass is 16.7. The molecule has 1 aliphatic heterocycles. The second-order valence-electron chi connectivity index (χ2n) is 4.84. The molecule has 21 heavy (non-hydrogen) atoms. The lowest BCUT2D eigenvalue weighted by Crippen LogP contribution is -2.61. The molecule has 1 heterocycles. The lowest BCUT2D eigenvalue weighted by atomic mass is 9.99. The van der Waals surface area contributed by atoms with Crippen LogP contribution in [0.5, 0.6) is 5.75 Å². The van der Waals surface area contributed by atoms with Crippen LogP contribution in [-0.2, 0) is 9.47 Å². The number of para-hydroxylation sites is 1. The maximum absolute atomic E-state index is 10.1. The molecule has 0 radical (unpaired) electrons. The fourth-order valence-corrected chi connectivity index (χ4v) is 2.18. The summed E-state index contributed by atoms with van der Waals surface area (Å²) in [7, 11) is 0. The van der Waals surface area contributed by atoms with Crippen molar-refractivity contribution in [3.63, 3.8) is 0 Å². The Morgan fingerprint density at radius 3 is 2.43 bits per heavy atom. The van der Waals surface area contributed by atoms with E-state index in [0.29, 0.717) is 5.75 Å². The van der Waals surface area contributed by atoms with Crippen LogP contribution in [0.1, 0.15) is 6.92 Å². The molecule has 0 aliphatic carbocycles. The fraction of sp³-hybridized carbons (Fsp3) is 0.571. The minimum absolute atomic E-state index is 0.449. The molecule has 0 saturated carbocycles. The van der Waals surface area contributed by atoms with E-state index in [1.165, 1.54) is 6.92 Å². The van der Waals surface area contributed by atoms with Gasteiger partial charge in [0.05, 0.1) is 6.61 Å². The van der Waals surface area contributed by atoms with Crippen LogP contribution in [0.2, 0.25) is 0 Å². The van der Waals surface area contributed by atoms with Gasteiger partial charge in [0.2, 0.25) is 6.29 Å². The normalized spacial score (nSPS) is 34.4. The molecule has 0 spiro atoms. The molecule has 6 atom stereocenters. The lowest BCUT2D eigenvalue weighted by molar-refractivity contribution is -0.304. The van der Waals surface area contributed by atoms with E-state index in [0.717, 1.165) is 0 Å².